The van der Waals surface area contributed by atoms with Gasteiger partial charge in [-0.05, 0) is 4.92 Å². The number of ether oxygens (including phenoxy) is 2. The number of methoxy groups -OCH3 is 1. The second-order valence-electron chi connectivity index (χ2n) is 2.68. The molecule has 0 aliphatic carbocycles. The number of hydrogen-bond acceptors (Lipinski definition) is 5. The lowest BCUT2D eigenvalue weighted by Crippen LogP contribution is -2.20. The highest BCUT2D eigenvalue weighted by Crippen LogP contribution is 2.37. The summed E-state index contributed by atoms with van der Waals surface area (Å²) < 4.78 is 43.9. The smallest absolute Gasteiger partial charge is 0.492 e. The van der Waals surface area contributed by atoms with Crippen molar-refractivity contribution >= 4 is 5.82 Å². The topological polar surface area (TPSA) is 94.5 Å². The number of H-pyrrole nitrogens is 1. The molecule has 1 heterocycles. The molecule has 1 aromatic heterocycles. The average molecular weight is 254 g/mol. The van der Waals surface area contributed by atoms with Gasteiger partial charge in [-0.2, -0.15) is 4.98 Å². The van der Waals surface area contributed by atoms with Crippen LogP contribution in [0.3, 0.4) is 0 Å². The van der Waals surface area contributed by atoms with Crippen molar-refractivity contribution in [1.29, 1.82) is 0 Å². The van der Waals surface area contributed by atoms with Crippen LogP contribution in [0, 0.1) is 10.1 Å². The van der Waals surface area contributed by atoms with Crippen LogP contribution in [0.2, 0.25) is 0 Å². The molecule has 0 aliphatic heterocycles. The van der Waals surface area contributed by atoms with E-state index in [-0.39, 0.29) is 0 Å². The van der Waals surface area contributed by atoms with Gasteiger partial charge in [-0.3, -0.25) is 0 Å². The summed E-state index contributed by atoms with van der Waals surface area (Å²) in [5.41, 5.74) is -0.983. The minimum absolute atomic E-state index is 0.605. The van der Waals surface area contributed by atoms with Gasteiger partial charge in [0.15, 0.2) is 5.75 Å². The molecule has 1 N–H and O–H groups in total. The van der Waals surface area contributed by atoms with E-state index in [1.165, 1.54) is 0 Å². The largest absolute Gasteiger partial charge is 0.573 e. The Hall–Kier alpha value is -2.26. The van der Waals surface area contributed by atoms with Crippen molar-refractivity contribution in [3.8, 4) is 11.5 Å². The van der Waals surface area contributed by atoms with E-state index in [1.807, 2.05) is 0 Å². The van der Waals surface area contributed by atoms with Gasteiger partial charge in [0.05, 0.1) is 13.2 Å². The van der Waals surface area contributed by atoms with E-state index < -0.39 is 34.2 Å². The van der Waals surface area contributed by atoms with Crippen molar-refractivity contribution in [2.75, 3.05) is 7.11 Å². The van der Waals surface area contributed by atoms with Crippen molar-refractivity contribution in [1.82, 2.24) is 4.98 Å². The number of aromatic amines is 1. The molecule has 0 aliphatic rings. The summed E-state index contributed by atoms with van der Waals surface area (Å²) >= 11 is 0. The van der Waals surface area contributed by atoms with Gasteiger partial charge in [0.1, 0.15) is 0 Å². The zero-order chi connectivity index (χ0) is 13.2. The molecule has 0 amide bonds. The highest BCUT2D eigenvalue weighted by molar-refractivity contribution is 5.50. The van der Waals surface area contributed by atoms with E-state index in [0.717, 1.165) is 7.11 Å². The molecular formula is C7H5F3N2O5. The molecule has 0 radical (unpaired) electrons. The fraction of sp³-hybridized carbons (Fsp3) is 0.286. The number of pyridine rings is 1. The van der Waals surface area contributed by atoms with Crippen LogP contribution in [0.5, 0.6) is 11.5 Å². The summed E-state index contributed by atoms with van der Waals surface area (Å²) in [7, 11) is 0.946. The third-order valence-electron chi connectivity index (χ3n) is 1.56. The molecule has 1 aromatic rings. The van der Waals surface area contributed by atoms with E-state index in [4.69, 9.17) is 0 Å². The summed E-state index contributed by atoms with van der Waals surface area (Å²) in [6.07, 6.45) is -5.14. The van der Waals surface area contributed by atoms with E-state index in [9.17, 15) is 28.1 Å². The van der Waals surface area contributed by atoms with Crippen LogP contribution in [-0.2, 0) is 0 Å². The number of nitrogens with one attached hydrogen (secondary N) is 1. The van der Waals surface area contributed by atoms with Crippen LogP contribution in [0.1, 0.15) is 0 Å². The molecular weight excluding hydrogens is 249 g/mol. The number of alkyl halides is 3. The number of halogens is 3. The van der Waals surface area contributed by atoms with Gasteiger partial charge in [-0.15, -0.1) is 13.2 Å². The lowest BCUT2D eigenvalue weighted by molar-refractivity contribution is -0.393. The molecule has 0 aromatic carbocycles. The predicted molar refractivity (Wildman–Crippen MR) is 47.0 cm³/mol. The summed E-state index contributed by atoms with van der Waals surface area (Å²) in [4.78, 5) is 21.8. The maximum absolute atomic E-state index is 12.0. The maximum Gasteiger partial charge on any atom is 0.573 e. The average Bonchev–Trinajstić information content (AvgIpc) is 2.17. The lowest BCUT2D eigenvalue weighted by Gasteiger charge is -2.11. The van der Waals surface area contributed by atoms with E-state index in [1.54, 1.807) is 4.98 Å². The van der Waals surface area contributed by atoms with Gasteiger partial charge in [0.25, 0.3) is 5.75 Å². The zero-order valence-electron chi connectivity index (χ0n) is 8.20. The molecule has 7 nitrogen and oxygen atoms in total. The van der Waals surface area contributed by atoms with Crippen molar-refractivity contribution in [2.24, 2.45) is 0 Å². The highest BCUT2D eigenvalue weighted by atomic mass is 19.4. The van der Waals surface area contributed by atoms with Gasteiger partial charge in [-0.1, -0.05) is 0 Å². The number of nitrogens with zero attached hydrogens (tertiary/aromatic N) is 1. The minimum atomic E-state index is -5.14. The van der Waals surface area contributed by atoms with Gasteiger partial charge >= 0.3 is 17.7 Å². The zero-order valence-corrected chi connectivity index (χ0v) is 8.20. The number of aromatic nitrogens is 1. The maximum atomic E-state index is 12.0. The molecule has 0 atom stereocenters. The fourth-order valence-electron chi connectivity index (χ4n) is 1.01. The van der Waals surface area contributed by atoms with Crippen molar-refractivity contribution in [3.63, 3.8) is 0 Å². The van der Waals surface area contributed by atoms with Gasteiger partial charge in [0.2, 0.25) is 0 Å². The predicted octanol–water partition coefficient (Wildman–Crippen LogP) is 1.19. The highest BCUT2D eigenvalue weighted by Gasteiger charge is 2.37. The Morgan fingerprint density at radius 1 is 1.47 bits per heavy atom. The first-order valence-electron chi connectivity index (χ1n) is 3.96. The van der Waals surface area contributed by atoms with Crippen molar-refractivity contribution in [2.45, 2.75) is 6.36 Å². The second kappa shape index (κ2) is 4.31. The Kier molecular flexibility index (Phi) is 3.25. The van der Waals surface area contributed by atoms with Crippen LogP contribution in [0.15, 0.2) is 10.9 Å². The molecule has 0 saturated carbocycles. The quantitative estimate of drug-likeness (QED) is 0.645. The monoisotopic (exact) mass is 254 g/mol. The first kappa shape index (κ1) is 12.8. The Labute approximate surface area is 90.9 Å². The molecule has 1 rings (SSSR count). The Bertz CT molecular complexity index is 495. The van der Waals surface area contributed by atoms with Gasteiger partial charge < -0.3 is 19.6 Å². The van der Waals surface area contributed by atoms with Gasteiger partial charge in [0, 0.05) is 0 Å². The van der Waals surface area contributed by atoms with Crippen LogP contribution in [-0.4, -0.2) is 23.4 Å². The summed E-state index contributed by atoms with van der Waals surface area (Å²) in [6, 6.07) is 0.605. The third kappa shape index (κ3) is 3.09. The summed E-state index contributed by atoms with van der Waals surface area (Å²) in [5.74, 6) is -3.12. The standard InChI is InChI=1S/C7H5F3N2O5/c1-16-3-2-4(13)11-6(12(14)15)5(3)17-7(8,9)10/h2H,1H3,(H,11,13). The van der Waals surface area contributed by atoms with E-state index in [0.29, 0.717) is 6.07 Å². The van der Waals surface area contributed by atoms with Gasteiger partial charge in [-0.25, -0.2) is 4.79 Å². The second-order valence-corrected chi connectivity index (χ2v) is 2.68. The van der Waals surface area contributed by atoms with E-state index in [2.05, 4.69) is 9.47 Å². The molecule has 10 heteroatoms. The summed E-state index contributed by atoms with van der Waals surface area (Å²) in [6.45, 7) is 0. The number of nitro groups is 1. The van der Waals surface area contributed by atoms with Crippen LogP contribution in [0.4, 0.5) is 19.0 Å². The number of rotatable bonds is 3. The summed E-state index contributed by atoms with van der Waals surface area (Å²) in [5, 5.41) is 10.5. The van der Waals surface area contributed by atoms with E-state index >= 15 is 0 Å². The van der Waals surface area contributed by atoms with Crippen LogP contribution in [0.25, 0.3) is 0 Å². The normalized spacial score (nSPS) is 11.1. The van der Waals surface area contributed by atoms with Crippen molar-refractivity contribution in [3.05, 3.63) is 26.5 Å². The Morgan fingerprint density at radius 2 is 2.06 bits per heavy atom. The number of hydrogen-bond donors (Lipinski definition) is 1. The van der Waals surface area contributed by atoms with Crippen LogP contribution >= 0.6 is 0 Å². The molecule has 0 bridgehead atoms. The van der Waals surface area contributed by atoms with Crippen molar-refractivity contribution < 1.29 is 27.6 Å². The first-order valence-corrected chi connectivity index (χ1v) is 3.96. The molecule has 0 fully saturated rings. The first-order chi connectivity index (χ1) is 7.74. The SMILES string of the molecule is COc1cc(=O)[nH]c([N+](=O)[O-])c1OC(F)(F)F. The van der Waals surface area contributed by atoms with Crippen LogP contribution < -0.4 is 15.0 Å². The molecule has 17 heavy (non-hydrogen) atoms. The fourth-order valence-corrected chi connectivity index (χ4v) is 1.01. The molecule has 0 spiro atoms. The minimum Gasteiger partial charge on any atom is -0.492 e. The Balaban J connectivity index is 3.42. The Morgan fingerprint density at radius 3 is 2.47 bits per heavy atom. The molecule has 0 unspecified atom stereocenters. The molecule has 94 valence electrons. The molecule has 0 saturated heterocycles. The lowest BCUT2D eigenvalue weighted by atomic mass is 10.4. The third-order valence-corrected chi connectivity index (χ3v) is 1.56.